The van der Waals surface area contributed by atoms with E-state index in [0.29, 0.717) is 0 Å². The summed E-state index contributed by atoms with van der Waals surface area (Å²) in [6.45, 7) is 0. The highest BCUT2D eigenvalue weighted by Gasteiger charge is 2.47. The molecule has 1 aliphatic rings. The highest BCUT2D eigenvalue weighted by Crippen LogP contribution is 2.47. The van der Waals surface area contributed by atoms with Gasteiger partial charge in [-0.25, -0.2) is 9.37 Å². The molecule has 14 heteroatoms. The standard InChI is InChI=1S/C11H15FN5O6PS/c12-5-3(1-4(25)24(20,21)22)23-10(7(5)18)17-2-14-6-8(17)15-11(13)16-9(6)19/h2-5,7,10,18,25H,1H2,(H2,20,21,22)(H3,13,15,16,19)/t3-,4?,5-,7-,10-/m1/s1. The molecule has 1 unspecified atom stereocenters. The van der Waals surface area contributed by atoms with Crippen LogP contribution in [0.25, 0.3) is 11.2 Å². The Bertz CT molecular complexity index is 901. The van der Waals surface area contributed by atoms with Crippen molar-refractivity contribution in [3.63, 3.8) is 0 Å². The fourth-order valence-electron chi connectivity index (χ4n) is 2.60. The molecule has 25 heavy (non-hydrogen) atoms. The highest BCUT2D eigenvalue weighted by molar-refractivity contribution is 7.89. The topological polar surface area (TPSA) is 177 Å². The fourth-order valence-corrected chi connectivity index (χ4v) is 3.29. The molecule has 0 aliphatic carbocycles. The number of nitrogens with zero attached hydrogens (tertiary/aromatic N) is 3. The first kappa shape index (κ1) is 18.3. The summed E-state index contributed by atoms with van der Waals surface area (Å²) in [6.07, 6.45) is -5.49. The van der Waals surface area contributed by atoms with Crippen molar-refractivity contribution >= 4 is 37.3 Å². The molecule has 3 heterocycles. The van der Waals surface area contributed by atoms with Crippen LogP contribution >= 0.6 is 20.2 Å². The third-order valence-electron chi connectivity index (χ3n) is 3.84. The van der Waals surface area contributed by atoms with Gasteiger partial charge in [0.15, 0.2) is 23.6 Å². The van der Waals surface area contributed by atoms with Crippen molar-refractivity contribution < 1.29 is 28.6 Å². The summed E-state index contributed by atoms with van der Waals surface area (Å²) >= 11 is 3.76. The van der Waals surface area contributed by atoms with Gasteiger partial charge >= 0.3 is 7.60 Å². The van der Waals surface area contributed by atoms with Gasteiger partial charge in [0, 0.05) is 0 Å². The van der Waals surface area contributed by atoms with Crippen LogP contribution in [0.1, 0.15) is 12.6 Å². The molecule has 0 aromatic carbocycles. The van der Waals surface area contributed by atoms with Gasteiger partial charge in [-0.2, -0.15) is 17.6 Å². The molecule has 6 N–H and O–H groups in total. The SMILES string of the molecule is Nc1nc2c(ncn2[C@@H]2O[C@H](CC(S)P(=O)(O)O)[C@@H](F)[C@H]2O)c(=O)[nH]1. The number of aliphatic hydroxyl groups is 1. The van der Waals surface area contributed by atoms with Crippen LogP contribution in [0.2, 0.25) is 0 Å². The Morgan fingerprint density at radius 3 is 2.88 bits per heavy atom. The number of hydrogen-bond acceptors (Lipinski definition) is 8. The van der Waals surface area contributed by atoms with Gasteiger partial charge in [-0.05, 0) is 6.42 Å². The Hall–Kier alpha value is -1.50. The second-order valence-electron chi connectivity index (χ2n) is 5.58. The van der Waals surface area contributed by atoms with Crippen LogP contribution in [0.5, 0.6) is 0 Å². The molecule has 1 saturated heterocycles. The molecule has 2 aromatic heterocycles. The van der Waals surface area contributed by atoms with Gasteiger partial charge in [0.1, 0.15) is 11.1 Å². The van der Waals surface area contributed by atoms with Crippen molar-refractivity contribution in [1.29, 1.82) is 0 Å². The summed E-state index contributed by atoms with van der Waals surface area (Å²) < 4.78 is 32.0. The number of hydrogen-bond donors (Lipinski definition) is 6. The van der Waals surface area contributed by atoms with Gasteiger partial charge in [0.2, 0.25) is 5.95 Å². The van der Waals surface area contributed by atoms with Gasteiger partial charge in [-0.3, -0.25) is 18.9 Å². The predicted octanol–water partition coefficient (Wildman–Crippen LogP) is -0.878. The number of nitrogen functional groups attached to an aromatic ring is 1. The van der Waals surface area contributed by atoms with E-state index in [1.54, 1.807) is 0 Å². The number of aliphatic hydroxyl groups excluding tert-OH is 1. The van der Waals surface area contributed by atoms with Gasteiger partial charge in [0.25, 0.3) is 5.56 Å². The minimum absolute atomic E-state index is 0.0180. The lowest BCUT2D eigenvalue weighted by Crippen LogP contribution is -2.29. The normalized spacial score (nSPS) is 28.5. The summed E-state index contributed by atoms with van der Waals surface area (Å²) in [6, 6.07) is 0. The van der Waals surface area contributed by atoms with E-state index in [9.17, 15) is 18.9 Å². The number of H-pyrrole nitrogens is 1. The van der Waals surface area contributed by atoms with Crippen LogP contribution < -0.4 is 11.3 Å². The molecule has 2 aromatic rings. The number of nitrogens with two attached hydrogens (primary N) is 1. The second-order valence-corrected chi connectivity index (χ2v) is 8.41. The molecule has 0 spiro atoms. The summed E-state index contributed by atoms with van der Waals surface area (Å²) in [5.41, 5.74) is 4.76. The largest absolute Gasteiger partial charge is 0.385 e. The van der Waals surface area contributed by atoms with Crippen molar-refractivity contribution in [1.82, 2.24) is 19.5 Å². The summed E-state index contributed by atoms with van der Waals surface area (Å²) in [4.78, 5) is 38.4. The first-order valence-electron chi connectivity index (χ1n) is 7.03. The minimum Gasteiger partial charge on any atom is -0.385 e. The smallest absolute Gasteiger partial charge is 0.338 e. The molecule has 1 aliphatic heterocycles. The molecular formula is C11H15FN5O6PS. The number of aromatic amines is 1. The van der Waals surface area contributed by atoms with Crippen LogP contribution in [0.15, 0.2) is 11.1 Å². The quantitative estimate of drug-likeness (QED) is 0.283. The molecule has 5 atom stereocenters. The molecule has 138 valence electrons. The van der Waals surface area contributed by atoms with Crippen molar-refractivity contribution in [2.24, 2.45) is 0 Å². The van der Waals surface area contributed by atoms with E-state index in [0.717, 1.165) is 10.9 Å². The number of nitrogens with one attached hydrogen (secondary N) is 1. The molecule has 0 amide bonds. The van der Waals surface area contributed by atoms with Crippen LogP contribution in [0, 0.1) is 0 Å². The summed E-state index contributed by atoms with van der Waals surface area (Å²) in [7, 11) is -4.55. The number of thiol groups is 1. The number of halogens is 1. The maximum absolute atomic E-state index is 14.3. The zero-order valence-corrected chi connectivity index (χ0v) is 14.2. The van der Waals surface area contributed by atoms with E-state index in [4.69, 9.17) is 20.3 Å². The predicted molar refractivity (Wildman–Crippen MR) is 86.8 cm³/mol. The van der Waals surface area contributed by atoms with E-state index < -0.39 is 49.2 Å². The van der Waals surface area contributed by atoms with Gasteiger partial charge in [0.05, 0.1) is 12.4 Å². The maximum Gasteiger partial charge on any atom is 0.338 e. The number of fused-ring (bicyclic) bond motifs is 1. The lowest BCUT2D eigenvalue weighted by molar-refractivity contribution is -0.0360. The van der Waals surface area contributed by atoms with Crippen LogP contribution in [-0.2, 0) is 9.30 Å². The van der Waals surface area contributed by atoms with E-state index in [1.165, 1.54) is 0 Å². The average Bonchev–Trinajstić information content (AvgIpc) is 3.03. The van der Waals surface area contributed by atoms with Gasteiger partial charge in [-0.15, -0.1) is 0 Å². The first-order chi connectivity index (χ1) is 11.6. The molecule has 0 radical (unpaired) electrons. The highest BCUT2D eigenvalue weighted by atomic mass is 32.1. The Morgan fingerprint density at radius 2 is 2.24 bits per heavy atom. The number of aromatic nitrogens is 4. The van der Waals surface area contributed by atoms with E-state index in [1.807, 2.05) is 0 Å². The Balaban J connectivity index is 1.92. The summed E-state index contributed by atoms with van der Waals surface area (Å²) in [5, 5.41) is 10.1. The summed E-state index contributed by atoms with van der Waals surface area (Å²) in [5.74, 6) is -0.197. The monoisotopic (exact) mass is 395 g/mol. The molecular weight excluding hydrogens is 380 g/mol. The van der Waals surface area contributed by atoms with E-state index >= 15 is 0 Å². The zero-order valence-electron chi connectivity index (χ0n) is 12.4. The molecule has 0 bridgehead atoms. The number of ether oxygens (including phenoxy) is 1. The van der Waals surface area contributed by atoms with Crippen molar-refractivity contribution in [2.45, 2.75) is 36.0 Å². The number of anilines is 1. The van der Waals surface area contributed by atoms with Crippen molar-refractivity contribution in [2.75, 3.05) is 5.73 Å². The maximum atomic E-state index is 14.3. The van der Waals surface area contributed by atoms with Gasteiger partial charge in [-0.1, -0.05) is 0 Å². The Labute approximate surface area is 144 Å². The third kappa shape index (κ3) is 3.30. The Kier molecular flexibility index (Phi) is 4.64. The minimum atomic E-state index is -4.55. The van der Waals surface area contributed by atoms with E-state index in [-0.39, 0.29) is 17.1 Å². The fraction of sp³-hybridized carbons (Fsp3) is 0.545. The third-order valence-corrected chi connectivity index (χ3v) is 5.94. The van der Waals surface area contributed by atoms with Gasteiger partial charge < -0.3 is 25.4 Å². The van der Waals surface area contributed by atoms with E-state index in [2.05, 4.69) is 27.6 Å². The second kappa shape index (κ2) is 6.34. The van der Waals surface area contributed by atoms with Crippen molar-refractivity contribution in [3.05, 3.63) is 16.7 Å². The van der Waals surface area contributed by atoms with Crippen molar-refractivity contribution in [3.8, 4) is 0 Å². The van der Waals surface area contributed by atoms with Crippen LogP contribution in [-0.4, -0.2) is 57.8 Å². The average molecular weight is 395 g/mol. The Morgan fingerprint density at radius 1 is 1.56 bits per heavy atom. The number of rotatable bonds is 4. The number of imidazole rings is 1. The molecule has 11 nitrogen and oxygen atoms in total. The molecule has 0 saturated carbocycles. The molecule has 1 fully saturated rings. The molecule has 3 rings (SSSR count). The van der Waals surface area contributed by atoms with Crippen LogP contribution in [0.3, 0.4) is 0 Å². The lowest BCUT2D eigenvalue weighted by atomic mass is 10.1. The number of alkyl halides is 1. The zero-order chi connectivity index (χ0) is 18.5. The first-order valence-corrected chi connectivity index (χ1v) is 9.22. The lowest BCUT2D eigenvalue weighted by Gasteiger charge is -2.18. The van der Waals surface area contributed by atoms with Crippen LogP contribution in [0.4, 0.5) is 10.3 Å².